The maximum absolute atomic E-state index is 12.5. The highest BCUT2D eigenvalue weighted by molar-refractivity contribution is 5.80. The number of carbonyl (C=O) groups excluding carboxylic acids is 1. The van der Waals surface area contributed by atoms with Crippen molar-refractivity contribution in [2.75, 3.05) is 26.7 Å². The lowest BCUT2D eigenvalue weighted by Gasteiger charge is -2.19. The van der Waals surface area contributed by atoms with E-state index in [-0.39, 0.29) is 19.0 Å². The molecular weight excluding hydrogens is 349 g/mol. The smallest absolute Gasteiger partial charge is 0.354 e. The Morgan fingerprint density at radius 2 is 2.04 bits per heavy atom. The van der Waals surface area contributed by atoms with Crippen LogP contribution in [0.5, 0.6) is 0 Å². The molecule has 142 valence electrons. The Labute approximate surface area is 149 Å². The number of aromatic nitrogens is 4. The number of alkyl halides is 3. The van der Waals surface area contributed by atoms with Crippen molar-refractivity contribution in [2.24, 2.45) is 0 Å². The Hall–Kier alpha value is -2.49. The number of carbonyl (C=O) groups is 1. The van der Waals surface area contributed by atoms with Gasteiger partial charge in [0.1, 0.15) is 12.4 Å². The van der Waals surface area contributed by atoms with Gasteiger partial charge in [0, 0.05) is 13.0 Å². The molecule has 0 bridgehead atoms. The van der Waals surface area contributed by atoms with E-state index in [1.165, 1.54) is 23.0 Å². The van der Waals surface area contributed by atoms with Gasteiger partial charge in [-0.2, -0.15) is 13.2 Å². The zero-order chi connectivity index (χ0) is 19.0. The fraction of sp³-hybridized carbons (Fsp3) is 0.500. The van der Waals surface area contributed by atoms with Gasteiger partial charge in [0.15, 0.2) is 0 Å². The molecule has 1 unspecified atom stereocenters. The predicted molar refractivity (Wildman–Crippen MR) is 88.2 cm³/mol. The Balaban J connectivity index is 1.85. The van der Waals surface area contributed by atoms with E-state index in [1.807, 2.05) is 30.3 Å². The SMILES string of the molecule is CN(CCCNC(=O)C(Cc1ccccc1)n1cnnn1)CC(F)(F)F. The molecule has 1 amide bonds. The topological polar surface area (TPSA) is 75.9 Å². The molecule has 0 spiro atoms. The quantitative estimate of drug-likeness (QED) is 0.677. The third-order valence-corrected chi connectivity index (χ3v) is 3.72. The van der Waals surface area contributed by atoms with Gasteiger partial charge in [-0.3, -0.25) is 9.69 Å². The van der Waals surface area contributed by atoms with Gasteiger partial charge in [-0.25, -0.2) is 4.68 Å². The summed E-state index contributed by atoms with van der Waals surface area (Å²) in [5, 5.41) is 13.7. The summed E-state index contributed by atoms with van der Waals surface area (Å²) in [6, 6.07) is 8.81. The van der Waals surface area contributed by atoms with Crippen molar-refractivity contribution in [1.82, 2.24) is 30.4 Å². The zero-order valence-electron chi connectivity index (χ0n) is 14.4. The third-order valence-electron chi connectivity index (χ3n) is 3.72. The van der Waals surface area contributed by atoms with Crippen LogP contribution in [0.2, 0.25) is 0 Å². The molecule has 2 aromatic rings. The van der Waals surface area contributed by atoms with Crippen molar-refractivity contribution in [3.8, 4) is 0 Å². The highest BCUT2D eigenvalue weighted by Gasteiger charge is 2.29. The molecule has 0 aliphatic heterocycles. The molecule has 2 rings (SSSR count). The maximum atomic E-state index is 12.5. The van der Waals surface area contributed by atoms with Crippen LogP contribution < -0.4 is 5.32 Å². The number of hydrogen-bond donors (Lipinski definition) is 1. The van der Waals surface area contributed by atoms with E-state index in [2.05, 4.69) is 20.8 Å². The number of nitrogens with zero attached hydrogens (tertiary/aromatic N) is 5. The molecule has 1 aromatic heterocycles. The summed E-state index contributed by atoms with van der Waals surface area (Å²) in [6.45, 7) is -0.468. The molecule has 0 aliphatic rings. The Kier molecular flexibility index (Phi) is 7.07. The van der Waals surface area contributed by atoms with Crippen LogP contribution in [-0.4, -0.2) is 63.9 Å². The Morgan fingerprint density at radius 1 is 1.31 bits per heavy atom. The van der Waals surface area contributed by atoms with E-state index < -0.39 is 18.8 Å². The van der Waals surface area contributed by atoms with Crippen LogP contribution in [-0.2, 0) is 11.2 Å². The van der Waals surface area contributed by atoms with Gasteiger partial charge in [0.25, 0.3) is 0 Å². The summed E-state index contributed by atoms with van der Waals surface area (Å²) in [7, 11) is 1.40. The second-order valence-electron chi connectivity index (χ2n) is 5.99. The first-order valence-electron chi connectivity index (χ1n) is 8.14. The Morgan fingerprint density at radius 3 is 2.65 bits per heavy atom. The number of halogens is 3. The van der Waals surface area contributed by atoms with Gasteiger partial charge in [-0.05, 0) is 36.0 Å². The fourth-order valence-corrected chi connectivity index (χ4v) is 2.52. The highest BCUT2D eigenvalue weighted by atomic mass is 19.4. The van der Waals surface area contributed by atoms with Crippen LogP contribution in [0.25, 0.3) is 0 Å². The van der Waals surface area contributed by atoms with Crippen molar-refractivity contribution >= 4 is 5.91 Å². The van der Waals surface area contributed by atoms with Crippen LogP contribution in [0.1, 0.15) is 18.0 Å². The zero-order valence-corrected chi connectivity index (χ0v) is 14.4. The van der Waals surface area contributed by atoms with Gasteiger partial charge in [-0.15, -0.1) is 5.10 Å². The summed E-state index contributed by atoms with van der Waals surface area (Å²) in [4.78, 5) is 13.7. The van der Waals surface area contributed by atoms with Crippen LogP contribution in [0.3, 0.4) is 0 Å². The maximum Gasteiger partial charge on any atom is 0.401 e. The summed E-state index contributed by atoms with van der Waals surface area (Å²) < 4.78 is 38.2. The van der Waals surface area contributed by atoms with Crippen LogP contribution in [0.15, 0.2) is 36.7 Å². The van der Waals surface area contributed by atoms with E-state index in [9.17, 15) is 18.0 Å². The first kappa shape index (κ1) is 19.8. The fourth-order valence-electron chi connectivity index (χ4n) is 2.52. The third kappa shape index (κ3) is 6.79. The molecule has 0 saturated carbocycles. The van der Waals surface area contributed by atoms with Gasteiger partial charge in [-0.1, -0.05) is 30.3 Å². The van der Waals surface area contributed by atoms with Crippen molar-refractivity contribution in [3.05, 3.63) is 42.2 Å². The van der Waals surface area contributed by atoms with Gasteiger partial charge < -0.3 is 5.32 Å². The first-order valence-corrected chi connectivity index (χ1v) is 8.14. The molecular formula is C16H21F3N6O. The molecule has 1 aromatic carbocycles. The monoisotopic (exact) mass is 370 g/mol. The number of hydrogen-bond acceptors (Lipinski definition) is 5. The molecule has 7 nitrogen and oxygen atoms in total. The lowest BCUT2D eigenvalue weighted by Crippen LogP contribution is -2.37. The van der Waals surface area contributed by atoms with Crippen LogP contribution in [0.4, 0.5) is 13.2 Å². The highest BCUT2D eigenvalue weighted by Crippen LogP contribution is 2.15. The minimum Gasteiger partial charge on any atom is -0.354 e. The molecule has 0 aliphatic carbocycles. The second-order valence-corrected chi connectivity index (χ2v) is 5.99. The van der Waals surface area contributed by atoms with Gasteiger partial charge in [0.05, 0.1) is 6.54 Å². The molecule has 0 saturated heterocycles. The van der Waals surface area contributed by atoms with E-state index in [0.29, 0.717) is 12.8 Å². The largest absolute Gasteiger partial charge is 0.401 e. The van der Waals surface area contributed by atoms with Crippen molar-refractivity contribution in [3.63, 3.8) is 0 Å². The standard InChI is InChI=1S/C16H21F3N6O/c1-24(11-16(17,18)19)9-5-8-20-15(26)14(25-12-21-22-23-25)10-13-6-3-2-4-7-13/h2-4,6-7,12,14H,5,8-11H2,1H3,(H,20,26). The molecule has 26 heavy (non-hydrogen) atoms. The number of nitrogens with one attached hydrogen (secondary N) is 1. The normalized spacial score (nSPS) is 13.0. The molecule has 10 heteroatoms. The summed E-state index contributed by atoms with van der Waals surface area (Å²) in [6.07, 6.45) is -2.04. The number of benzene rings is 1. The van der Waals surface area contributed by atoms with Crippen LogP contribution >= 0.6 is 0 Å². The molecule has 1 heterocycles. The lowest BCUT2D eigenvalue weighted by molar-refractivity contribution is -0.143. The first-order chi connectivity index (χ1) is 12.3. The van der Waals surface area contributed by atoms with Crippen molar-refractivity contribution in [1.29, 1.82) is 0 Å². The average Bonchev–Trinajstić information content (AvgIpc) is 3.10. The minimum absolute atomic E-state index is 0.230. The molecule has 0 radical (unpaired) electrons. The summed E-state index contributed by atoms with van der Waals surface area (Å²) in [5.41, 5.74) is 0.952. The number of amides is 1. The van der Waals surface area contributed by atoms with Gasteiger partial charge in [0.2, 0.25) is 5.91 Å². The molecule has 1 atom stereocenters. The number of rotatable bonds is 9. The number of tetrazole rings is 1. The van der Waals surface area contributed by atoms with E-state index in [4.69, 9.17) is 0 Å². The van der Waals surface area contributed by atoms with Crippen LogP contribution in [0, 0.1) is 0 Å². The van der Waals surface area contributed by atoms with Crippen molar-refractivity contribution < 1.29 is 18.0 Å². The average molecular weight is 370 g/mol. The molecule has 0 fully saturated rings. The van der Waals surface area contributed by atoms with E-state index in [0.717, 1.165) is 5.56 Å². The summed E-state index contributed by atoms with van der Waals surface area (Å²) in [5.74, 6) is -0.278. The van der Waals surface area contributed by atoms with E-state index >= 15 is 0 Å². The second kappa shape index (κ2) is 9.27. The predicted octanol–water partition coefficient (Wildman–Crippen LogP) is 1.46. The Bertz CT molecular complexity index is 662. The van der Waals surface area contributed by atoms with Gasteiger partial charge >= 0.3 is 6.18 Å². The van der Waals surface area contributed by atoms with Crippen molar-refractivity contribution in [2.45, 2.75) is 25.1 Å². The lowest BCUT2D eigenvalue weighted by atomic mass is 10.1. The minimum atomic E-state index is -4.22. The molecule has 1 N–H and O–H groups in total. The summed E-state index contributed by atoms with van der Waals surface area (Å²) >= 11 is 0. The van der Waals surface area contributed by atoms with E-state index in [1.54, 1.807) is 0 Å².